The third-order valence-electron chi connectivity index (χ3n) is 0.292. The molecule has 0 rings (SSSR count). The van der Waals surface area contributed by atoms with Crippen LogP contribution in [0.4, 0.5) is 0 Å². The Balaban J connectivity index is 3.57. The van der Waals surface area contributed by atoms with E-state index in [-0.39, 0.29) is 10.9 Å². The number of nitrogens with one attached hydrogen (secondary N) is 1. The van der Waals surface area contributed by atoms with Gasteiger partial charge in [0.15, 0.2) is 0 Å². The zero-order chi connectivity index (χ0) is 5.15. The van der Waals surface area contributed by atoms with Crippen molar-refractivity contribution < 1.29 is 0 Å². The van der Waals surface area contributed by atoms with E-state index in [1.165, 1.54) is 0 Å². The van der Waals surface area contributed by atoms with Gasteiger partial charge in [0.2, 0.25) is 0 Å². The van der Waals surface area contributed by atoms with Crippen LogP contribution in [0.1, 0.15) is 0 Å². The minimum atomic E-state index is -0.170. The minimum absolute atomic E-state index is 0.0926. The van der Waals surface area contributed by atoms with Crippen molar-refractivity contribution >= 4 is 17.4 Å². The number of hydrogen-bond donors (Lipinski definition) is 2. The van der Waals surface area contributed by atoms with Crippen molar-refractivity contribution in [3.63, 3.8) is 0 Å². The number of amidine groups is 1. The van der Waals surface area contributed by atoms with Crippen molar-refractivity contribution in [2.24, 2.45) is 5.73 Å². The molecule has 0 fully saturated rings. The summed E-state index contributed by atoms with van der Waals surface area (Å²) in [5.41, 5.74) is 4.79. The lowest BCUT2D eigenvalue weighted by molar-refractivity contribution is 1.46. The van der Waals surface area contributed by atoms with Gasteiger partial charge >= 0.3 is 0 Å². The van der Waals surface area contributed by atoms with E-state index in [1.54, 1.807) is 0 Å². The highest BCUT2D eigenvalue weighted by atomic mass is 35.5. The van der Waals surface area contributed by atoms with Crippen LogP contribution in [0.3, 0.4) is 0 Å². The summed E-state index contributed by atoms with van der Waals surface area (Å²) in [6.45, 7) is 3.17. The van der Waals surface area contributed by atoms with Gasteiger partial charge in [-0.3, -0.25) is 5.41 Å². The Kier molecular flexibility index (Phi) is 1.67. The van der Waals surface area contributed by atoms with E-state index in [0.717, 1.165) is 0 Å². The molecule has 0 spiro atoms. The van der Waals surface area contributed by atoms with Gasteiger partial charge < -0.3 is 5.73 Å². The Labute approximate surface area is 41.1 Å². The van der Waals surface area contributed by atoms with Crippen LogP contribution >= 0.6 is 11.6 Å². The SMILES string of the molecule is C=C(Cl)C(=N)N. The van der Waals surface area contributed by atoms with E-state index in [4.69, 9.17) is 22.7 Å². The van der Waals surface area contributed by atoms with Crippen LogP contribution in [0.2, 0.25) is 0 Å². The molecule has 0 bridgehead atoms. The minimum Gasteiger partial charge on any atom is -0.383 e. The van der Waals surface area contributed by atoms with E-state index in [2.05, 4.69) is 6.58 Å². The summed E-state index contributed by atoms with van der Waals surface area (Å²) in [5.74, 6) is -0.170. The first kappa shape index (κ1) is 5.50. The Morgan fingerprint density at radius 2 is 2.00 bits per heavy atom. The van der Waals surface area contributed by atoms with Crippen molar-refractivity contribution in [1.82, 2.24) is 0 Å². The second kappa shape index (κ2) is 1.82. The summed E-state index contributed by atoms with van der Waals surface area (Å²) in [4.78, 5) is 0. The number of rotatable bonds is 1. The van der Waals surface area contributed by atoms with Crippen LogP contribution < -0.4 is 5.73 Å². The van der Waals surface area contributed by atoms with Crippen molar-refractivity contribution in [3.05, 3.63) is 11.6 Å². The van der Waals surface area contributed by atoms with Gasteiger partial charge in [0, 0.05) is 0 Å². The summed E-state index contributed by atoms with van der Waals surface area (Å²) in [5, 5.41) is 6.59. The molecule has 0 saturated heterocycles. The van der Waals surface area contributed by atoms with Crippen molar-refractivity contribution in [2.75, 3.05) is 0 Å². The van der Waals surface area contributed by atoms with Crippen LogP contribution in [-0.2, 0) is 0 Å². The van der Waals surface area contributed by atoms with Crippen molar-refractivity contribution in [1.29, 1.82) is 5.41 Å². The lowest BCUT2D eigenvalue weighted by Crippen LogP contribution is -2.07. The zero-order valence-corrected chi connectivity index (χ0v) is 3.92. The summed E-state index contributed by atoms with van der Waals surface area (Å²) >= 11 is 5.07. The highest BCUT2D eigenvalue weighted by molar-refractivity contribution is 6.42. The number of hydrogen-bond acceptors (Lipinski definition) is 1. The van der Waals surface area contributed by atoms with E-state index in [0.29, 0.717) is 0 Å². The molecule has 34 valence electrons. The predicted octanol–water partition coefficient (Wildman–Crippen LogP) is 0.675. The maximum atomic E-state index is 6.50. The molecule has 0 radical (unpaired) electrons. The van der Waals surface area contributed by atoms with Gasteiger partial charge in [0.1, 0.15) is 5.84 Å². The fraction of sp³-hybridized carbons (Fsp3) is 0. The first-order chi connectivity index (χ1) is 2.64. The van der Waals surface area contributed by atoms with E-state index >= 15 is 0 Å². The van der Waals surface area contributed by atoms with E-state index in [1.807, 2.05) is 0 Å². The second-order valence-corrected chi connectivity index (χ2v) is 1.27. The largest absolute Gasteiger partial charge is 0.383 e. The molecule has 0 aliphatic carbocycles. The predicted molar refractivity (Wildman–Crippen MR) is 26.9 cm³/mol. The van der Waals surface area contributed by atoms with Crippen LogP contribution in [0.25, 0.3) is 0 Å². The average molecular weight is 105 g/mol. The third-order valence-corrected chi connectivity index (χ3v) is 0.496. The summed E-state index contributed by atoms with van der Waals surface area (Å²) in [6.07, 6.45) is 0. The molecule has 0 amide bonds. The van der Waals surface area contributed by atoms with Gasteiger partial charge in [-0.05, 0) is 0 Å². The number of nitrogens with two attached hydrogens (primary N) is 1. The molecule has 6 heavy (non-hydrogen) atoms. The highest BCUT2D eigenvalue weighted by Crippen LogP contribution is 1.91. The quantitative estimate of drug-likeness (QED) is 0.373. The Hall–Kier alpha value is -0.500. The Morgan fingerprint density at radius 3 is 2.00 bits per heavy atom. The van der Waals surface area contributed by atoms with E-state index < -0.39 is 0 Å². The van der Waals surface area contributed by atoms with Gasteiger partial charge in [-0.1, -0.05) is 18.2 Å². The fourth-order valence-electron chi connectivity index (χ4n) is 0. The van der Waals surface area contributed by atoms with Gasteiger partial charge in [-0.2, -0.15) is 0 Å². The van der Waals surface area contributed by atoms with Crippen LogP contribution in [0, 0.1) is 5.41 Å². The van der Waals surface area contributed by atoms with Crippen molar-refractivity contribution in [2.45, 2.75) is 0 Å². The molecule has 3 heteroatoms. The monoisotopic (exact) mass is 104 g/mol. The molecule has 3 N–H and O–H groups in total. The second-order valence-electron chi connectivity index (χ2n) is 0.819. The number of halogens is 1. The van der Waals surface area contributed by atoms with Crippen LogP contribution in [0.15, 0.2) is 11.6 Å². The zero-order valence-electron chi connectivity index (χ0n) is 3.16. The topological polar surface area (TPSA) is 49.9 Å². The molecule has 0 aromatic carbocycles. The smallest absolute Gasteiger partial charge is 0.133 e. The molecular weight excluding hydrogens is 99.5 g/mol. The van der Waals surface area contributed by atoms with Crippen LogP contribution in [-0.4, -0.2) is 5.84 Å². The molecule has 0 aromatic heterocycles. The molecule has 0 aromatic rings. The molecule has 0 atom stereocenters. The molecule has 2 nitrogen and oxygen atoms in total. The first-order valence-corrected chi connectivity index (χ1v) is 1.71. The fourth-order valence-corrected chi connectivity index (χ4v) is 0. The highest BCUT2D eigenvalue weighted by Gasteiger charge is 1.84. The van der Waals surface area contributed by atoms with Gasteiger partial charge in [-0.25, -0.2) is 0 Å². The Bertz CT molecular complexity index is 74.8. The maximum absolute atomic E-state index is 6.50. The molecular formula is C3H5ClN2. The standard InChI is InChI=1S/C3H5ClN2/c1-2(4)3(5)6/h1H2,(H3,5,6). The van der Waals surface area contributed by atoms with Gasteiger partial charge in [-0.15, -0.1) is 0 Å². The van der Waals surface area contributed by atoms with Gasteiger partial charge in [0.05, 0.1) is 5.03 Å². The summed E-state index contributed by atoms with van der Waals surface area (Å²) < 4.78 is 0. The lowest BCUT2D eigenvalue weighted by atomic mass is 10.6. The van der Waals surface area contributed by atoms with E-state index in [9.17, 15) is 0 Å². The van der Waals surface area contributed by atoms with Crippen molar-refractivity contribution in [3.8, 4) is 0 Å². The molecule has 0 heterocycles. The summed E-state index contributed by atoms with van der Waals surface area (Å²) in [7, 11) is 0. The molecule has 0 aliphatic heterocycles. The molecule has 0 aliphatic rings. The van der Waals surface area contributed by atoms with Gasteiger partial charge in [0.25, 0.3) is 0 Å². The third kappa shape index (κ3) is 1.79. The normalized spacial score (nSPS) is 7.50. The first-order valence-electron chi connectivity index (χ1n) is 1.33. The Morgan fingerprint density at radius 1 is 1.83 bits per heavy atom. The maximum Gasteiger partial charge on any atom is 0.133 e. The lowest BCUT2D eigenvalue weighted by Gasteiger charge is -1.83. The average Bonchev–Trinajstić information content (AvgIpc) is 1.36. The summed E-state index contributed by atoms with van der Waals surface area (Å²) in [6, 6.07) is 0. The molecule has 0 unspecified atom stereocenters. The van der Waals surface area contributed by atoms with Crippen LogP contribution in [0.5, 0.6) is 0 Å². The molecule has 0 saturated carbocycles.